The molecule has 0 amide bonds. The van der Waals surface area contributed by atoms with E-state index in [0.717, 1.165) is 15.8 Å². The maximum absolute atomic E-state index is 14.6. The largest absolute Gasteiger partial charge is 0.254 e. The van der Waals surface area contributed by atoms with Crippen LogP contribution in [0.4, 0.5) is 0 Å². The Bertz CT molecular complexity index is 1350. The van der Waals surface area contributed by atoms with E-state index in [1.165, 1.54) is 15.9 Å². The first-order valence-corrected chi connectivity index (χ1v) is 14.8. The predicted molar refractivity (Wildman–Crippen MR) is 154 cm³/mol. The van der Waals surface area contributed by atoms with Gasteiger partial charge in [-0.15, -0.1) is 0 Å². The van der Waals surface area contributed by atoms with Gasteiger partial charge in [-0.05, 0) is 33.9 Å². The summed E-state index contributed by atoms with van der Waals surface area (Å²) in [6.45, 7) is -2.46. The Balaban J connectivity index is 1.96. The predicted octanol–water partition coefficient (Wildman–Crippen LogP) is 6.11. The van der Waals surface area contributed by atoms with E-state index in [2.05, 4.69) is 115 Å². The Labute approximate surface area is 210 Å². The second-order valence-corrected chi connectivity index (χ2v) is 13.4. The van der Waals surface area contributed by atoms with E-state index in [9.17, 15) is 4.21 Å². The highest BCUT2D eigenvalue weighted by molar-refractivity contribution is 8.17. The molecular formula is C32H27OPS. The Morgan fingerprint density at radius 2 is 0.829 bits per heavy atom. The third-order valence-electron chi connectivity index (χ3n) is 6.11. The van der Waals surface area contributed by atoms with E-state index in [-0.39, 0.29) is 0 Å². The molecule has 0 bridgehead atoms. The molecule has 172 valence electrons. The van der Waals surface area contributed by atoms with Gasteiger partial charge in [0.05, 0.1) is 21.2 Å². The van der Waals surface area contributed by atoms with Crippen LogP contribution in [0.2, 0.25) is 0 Å². The summed E-state index contributed by atoms with van der Waals surface area (Å²) < 4.78 is 15.6. The Morgan fingerprint density at radius 3 is 1.23 bits per heavy atom. The smallest absolute Gasteiger partial charge is 0.0590 e. The van der Waals surface area contributed by atoms with Gasteiger partial charge in [0.25, 0.3) is 0 Å². The van der Waals surface area contributed by atoms with E-state index >= 15 is 0 Å². The zero-order valence-corrected chi connectivity index (χ0v) is 21.1. The summed E-state index contributed by atoms with van der Waals surface area (Å²) >= 11 is 0. The molecule has 35 heavy (non-hydrogen) atoms. The SMILES string of the molecule is O=S(Cc1ccccc1)C(c1ccccc1)=P(c1ccccc1)(c1ccccc1)c1ccccc1. The van der Waals surface area contributed by atoms with Gasteiger partial charge < -0.3 is 0 Å². The molecule has 0 aliphatic rings. The zero-order valence-electron chi connectivity index (χ0n) is 19.4. The van der Waals surface area contributed by atoms with Gasteiger partial charge in [-0.25, -0.2) is 0 Å². The molecule has 5 aromatic rings. The van der Waals surface area contributed by atoms with Crippen LogP contribution in [0.3, 0.4) is 0 Å². The van der Waals surface area contributed by atoms with Gasteiger partial charge in [0.15, 0.2) is 0 Å². The van der Waals surface area contributed by atoms with Crippen LogP contribution >= 0.6 is 6.89 Å². The van der Waals surface area contributed by atoms with Gasteiger partial charge in [0, 0.05) is 0 Å². The molecule has 0 spiro atoms. The molecule has 1 atom stereocenters. The average molecular weight is 491 g/mol. The standard InChI is InChI=1S/C32H27OPS/c33-35(26-27-16-6-1-7-17-27)32(28-18-8-2-9-19-28)34(29-20-10-3-11-21-29,30-22-12-4-13-23-30)31-24-14-5-15-25-31/h1-25H,26H2. The van der Waals surface area contributed by atoms with E-state index in [1.807, 2.05) is 36.4 Å². The van der Waals surface area contributed by atoms with Gasteiger partial charge in [-0.3, -0.25) is 4.21 Å². The van der Waals surface area contributed by atoms with Crippen LogP contribution in [-0.2, 0) is 16.6 Å². The van der Waals surface area contributed by atoms with Gasteiger partial charge >= 0.3 is 0 Å². The Hall–Kier alpha value is -3.45. The van der Waals surface area contributed by atoms with E-state index in [1.54, 1.807) is 0 Å². The molecule has 1 nitrogen and oxygen atoms in total. The summed E-state index contributed by atoms with van der Waals surface area (Å²) in [7, 11) is -1.26. The summed E-state index contributed by atoms with van der Waals surface area (Å²) in [6, 6.07) is 52.5. The summed E-state index contributed by atoms with van der Waals surface area (Å²) in [5.74, 6) is 0.472. The molecule has 3 heteroatoms. The van der Waals surface area contributed by atoms with Crippen molar-refractivity contribution in [1.29, 1.82) is 0 Å². The highest BCUT2D eigenvalue weighted by Gasteiger charge is 2.33. The maximum atomic E-state index is 14.6. The van der Waals surface area contributed by atoms with Crippen molar-refractivity contribution in [3.63, 3.8) is 0 Å². The third kappa shape index (κ3) is 4.73. The Morgan fingerprint density at radius 1 is 0.486 bits per heavy atom. The van der Waals surface area contributed by atoms with Crippen LogP contribution < -0.4 is 15.9 Å². The highest BCUT2D eigenvalue weighted by atomic mass is 32.2. The van der Waals surface area contributed by atoms with Crippen LogP contribution in [0, 0.1) is 0 Å². The average Bonchev–Trinajstić information content (AvgIpc) is 2.94. The topological polar surface area (TPSA) is 17.1 Å². The molecule has 0 N–H and O–H groups in total. The van der Waals surface area contributed by atoms with Crippen molar-refractivity contribution in [2.45, 2.75) is 5.75 Å². The van der Waals surface area contributed by atoms with Crippen molar-refractivity contribution in [3.8, 4) is 0 Å². The minimum Gasteiger partial charge on any atom is -0.254 e. The minimum absolute atomic E-state index is 0.472. The first kappa shape index (κ1) is 23.3. The Kier molecular flexibility index (Phi) is 7.23. The van der Waals surface area contributed by atoms with Gasteiger partial charge in [0.1, 0.15) is 0 Å². The van der Waals surface area contributed by atoms with Crippen LogP contribution in [0.5, 0.6) is 0 Å². The first-order valence-electron chi connectivity index (χ1n) is 11.7. The summed E-state index contributed by atoms with van der Waals surface area (Å²) in [5.41, 5.74) is 2.11. The lowest BCUT2D eigenvalue weighted by molar-refractivity contribution is 0.689. The summed E-state index contributed by atoms with van der Waals surface area (Å²) in [6.07, 6.45) is 0. The number of hydrogen-bond acceptors (Lipinski definition) is 1. The quantitative estimate of drug-likeness (QED) is 0.252. The van der Waals surface area contributed by atoms with Gasteiger partial charge in [-0.2, -0.15) is 0 Å². The first-order chi connectivity index (χ1) is 17.3. The minimum atomic E-state index is -2.46. The maximum Gasteiger partial charge on any atom is 0.0590 e. The summed E-state index contributed by atoms with van der Waals surface area (Å²) in [5, 5.41) is 3.62. The number of benzene rings is 5. The highest BCUT2D eigenvalue weighted by Crippen LogP contribution is 2.48. The van der Waals surface area contributed by atoms with E-state index in [4.69, 9.17) is 0 Å². The lowest BCUT2D eigenvalue weighted by Gasteiger charge is -2.32. The zero-order chi connectivity index (χ0) is 23.9. The lowest BCUT2D eigenvalue weighted by atomic mass is 10.2. The fraction of sp³-hybridized carbons (Fsp3) is 0.0312. The van der Waals surface area contributed by atoms with Crippen molar-refractivity contribution in [2.75, 3.05) is 0 Å². The second kappa shape index (κ2) is 10.9. The van der Waals surface area contributed by atoms with Crippen LogP contribution in [0.1, 0.15) is 11.1 Å². The fourth-order valence-corrected chi connectivity index (χ4v) is 12.0. The fourth-order valence-electron chi connectivity index (χ4n) is 4.61. The molecule has 0 heterocycles. The molecule has 0 aliphatic carbocycles. The molecular weight excluding hydrogens is 463 g/mol. The third-order valence-corrected chi connectivity index (χ3v) is 12.9. The molecule has 0 fully saturated rings. The monoisotopic (exact) mass is 490 g/mol. The molecule has 0 aliphatic heterocycles. The van der Waals surface area contributed by atoms with Crippen LogP contribution in [0.25, 0.3) is 0 Å². The second-order valence-electron chi connectivity index (χ2n) is 8.32. The molecule has 5 aromatic carbocycles. The number of hydrogen-bond donors (Lipinski definition) is 0. The molecule has 0 aromatic heterocycles. The number of rotatable bonds is 7. The van der Waals surface area contributed by atoms with E-state index < -0.39 is 17.7 Å². The van der Waals surface area contributed by atoms with Crippen molar-refractivity contribution in [3.05, 3.63) is 163 Å². The molecule has 0 radical (unpaired) electrons. The van der Waals surface area contributed by atoms with Crippen molar-refractivity contribution in [1.82, 2.24) is 0 Å². The molecule has 0 saturated carbocycles. The summed E-state index contributed by atoms with van der Waals surface area (Å²) in [4.78, 5) is 0. The molecule has 5 rings (SSSR count). The van der Waals surface area contributed by atoms with Crippen LogP contribution in [-0.4, -0.2) is 8.83 Å². The van der Waals surface area contributed by atoms with Gasteiger partial charge in [-0.1, -0.05) is 152 Å². The van der Waals surface area contributed by atoms with Gasteiger partial charge in [0.2, 0.25) is 0 Å². The van der Waals surface area contributed by atoms with E-state index in [0.29, 0.717) is 5.75 Å². The van der Waals surface area contributed by atoms with Crippen LogP contribution in [0.15, 0.2) is 152 Å². The molecule has 0 saturated heterocycles. The van der Waals surface area contributed by atoms with Crippen molar-refractivity contribution < 1.29 is 4.21 Å². The normalized spacial score (nSPS) is 12.1. The van der Waals surface area contributed by atoms with Crippen molar-refractivity contribution >= 4 is 38.2 Å². The van der Waals surface area contributed by atoms with Crippen molar-refractivity contribution in [2.24, 2.45) is 0 Å². The lowest BCUT2D eigenvalue weighted by Crippen LogP contribution is -2.32. The molecule has 1 unspecified atom stereocenters.